The van der Waals surface area contributed by atoms with Gasteiger partial charge in [0.15, 0.2) is 17.4 Å². The van der Waals surface area contributed by atoms with E-state index in [9.17, 15) is 18.0 Å². The predicted octanol–water partition coefficient (Wildman–Crippen LogP) is 2.23. The van der Waals surface area contributed by atoms with Gasteiger partial charge in [-0.3, -0.25) is 15.0 Å². The first kappa shape index (κ1) is 28.6. The minimum absolute atomic E-state index is 0.0318. The van der Waals surface area contributed by atoms with Crippen molar-refractivity contribution in [3.8, 4) is 0 Å². The number of benzene rings is 1. The molecule has 0 aliphatic carbocycles. The second kappa shape index (κ2) is 11.2. The summed E-state index contributed by atoms with van der Waals surface area (Å²) in [5.41, 5.74) is 6.80. The van der Waals surface area contributed by atoms with Gasteiger partial charge in [0, 0.05) is 38.8 Å². The number of carbonyl (C=O) groups excluding carboxylic acids is 2. The summed E-state index contributed by atoms with van der Waals surface area (Å²) >= 11 is 0. The van der Waals surface area contributed by atoms with Gasteiger partial charge in [-0.25, -0.2) is 4.39 Å². The lowest BCUT2D eigenvalue weighted by Gasteiger charge is -2.32. The highest BCUT2D eigenvalue weighted by Gasteiger charge is 2.41. The van der Waals surface area contributed by atoms with Gasteiger partial charge in [0.2, 0.25) is 0 Å². The van der Waals surface area contributed by atoms with E-state index in [1.807, 2.05) is 0 Å². The molecule has 2 aliphatic rings. The number of hydrogen-bond donors (Lipinski definition) is 2. The highest BCUT2D eigenvalue weighted by atomic mass is 32.2. The van der Waals surface area contributed by atoms with Crippen LogP contribution in [0.3, 0.4) is 0 Å². The summed E-state index contributed by atoms with van der Waals surface area (Å²) in [7, 11) is -2.19. The summed E-state index contributed by atoms with van der Waals surface area (Å²) in [5.74, 6) is -2.69. The molecule has 1 unspecified atom stereocenters. The average molecular weight is 586 g/mol. The van der Waals surface area contributed by atoms with Crippen molar-refractivity contribution in [3.05, 3.63) is 70.6 Å². The van der Waals surface area contributed by atoms with Gasteiger partial charge in [0.1, 0.15) is 23.6 Å². The van der Waals surface area contributed by atoms with Gasteiger partial charge in [-0.1, -0.05) is 24.3 Å². The van der Waals surface area contributed by atoms with Gasteiger partial charge < -0.3 is 15.1 Å². The van der Waals surface area contributed by atoms with Crippen LogP contribution in [-0.4, -0.2) is 77.6 Å². The molecule has 5 rings (SSSR count). The topological polar surface area (TPSA) is 159 Å². The van der Waals surface area contributed by atoms with E-state index >= 15 is 4.39 Å². The number of nitrogens with two attached hydrogens (primary N) is 1. The number of nitrogens with one attached hydrogen (secondary N) is 1. The van der Waals surface area contributed by atoms with E-state index in [0.717, 1.165) is 27.4 Å². The molecule has 2 saturated heterocycles. The van der Waals surface area contributed by atoms with Crippen molar-refractivity contribution in [2.75, 3.05) is 38.1 Å². The lowest BCUT2D eigenvalue weighted by atomic mass is 9.93. The van der Waals surface area contributed by atoms with Gasteiger partial charge in [-0.2, -0.15) is 26.8 Å². The fourth-order valence-electron chi connectivity index (χ4n) is 5.28. The van der Waals surface area contributed by atoms with Crippen molar-refractivity contribution >= 4 is 33.6 Å². The summed E-state index contributed by atoms with van der Waals surface area (Å²) in [5, 5.41) is 11.9. The fraction of sp³-hybridized carbons (Fsp3) is 0.407. The molecule has 3 N–H and O–H groups in total. The maximum atomic E-state index is 16.2. The Morgan fingerprint density at radius 1 is 1.17 bits per heavy atom. The lowest BCUT2D eigenvalue weighted by molar-refractivity contribution is -0.122. The summed E-state index contributed by atoms with van der Waals surface area (Å²) in [6, 6.07) is 8.35. The van der Waals surface area contributed by atoms with Crippen LogP contribution in [-0.2, 0) is 21.5 Å². The van der Waals surface area contributed by atoms with Crippen LogP contribution in [0.15, 0.2) is 41.0 Å². The van der Waals surface area contributed by atoms with E-state index in [4.69, 9.17) is 15.6 Å². The molecule has 2 aromatic heterocycles. The van der Waals surface area contributed by atoms with Crippen LogP contribution in [0.2, 0.25) is 0 Å². The van der Waals surface area contributed by atoms with Crippen LogP contribution in [0.5, 0.6) is 0 Å². The summed E-state index contributed by atoms with van der Waals surface area (Å²) in [4.78, 5) is 28.2. The normalized spacial score (nSPS) is 18.6. The Labute approximate surface area is 237 Å². The molecule has 41 heavy (non-hydrogen) atoms. The Bertz CT molecular complexity index is 1590. The van der Waals surface area contributed by atoms with E-state index in [2.05, 4.69) is 5.10 Å². The molecule has 2 fully saturated rings. The third-order valence-corrected chi connectivity index (χ3v) is 9.46. The maximum absolute atomic E-state index is 16.2. The van der Waals surface area contributed by atoms with E-state index in [1.54, 1.807) is 38.2 Å². The number of hydrogen-bond acceptors (Lipinski definition) is 8. The van der Waals surface area contributed by atoms with E-state index in [1.165, 1.54) is 21.5 Å². The number of anilines is 1. The first-order chi connectivity index (χ1) is 19.5. The van der Waals surface area contributed by atoms with Gasteiger partial charge in [0.05, 0.1) is 18.0 Å². The molecular formula is C27H32FN7O5S. The van der Waals surface area contributed by atoms with Crippen LogP contribution in [0.4, 0.5) is 10.2 Å². The smallest absolute Gasteiger partial charge is 0.283 e. The minimum Gasteiger partial charge on any atom is -0.469 e. The van der Waals surface area contributed by atoms with Gasteiger partial charge in [0.25, 0.3) is 16.1 Å². The van der Waals surface area contributed by atoms with Gasteiger partial charge in [-0.15, -0.1) is 0 Å². The monoisotopic (exact) mass is 585 g/mol. The molecule has 12 nitrogen and oxygen atoms in total. The third kappa shape index (κ3) is 5.54. The number of nitrogen functional groups attached to an aromatic ring is 1. The summed E-state index contributed by atoms with van der Waals surface area (Å²) in [6.07, 6.45) is 2.84. The number of piperidine rings is 1. The largest absolute Gasteiger partial charge is 0.469 e. The zero-order chi connectivity index (χ0) is 29.5. The molecule has 218 valence electrons. The third-order valence-electron chi connectivity index (χ3n) is 7.48. The molecule has 3 aromatic rings. The molecule has 2 aliphatic heterocycles. The number of amidine groups is 1. The molecule has 0 saturated carbocycles. The number of halogens is 1. The van der Waals surface area contributed by atoms with Crippen LogP contribution in [0, 0.1) is 18.2 Å². The lowest BCUT2D eigenvalue weighted by Crippen LogP contribution is -2.49. The minimum atomic E-state index is -3.78. The molecule has 0 radical (unpaired) electrons. The molecule has 0 amide bonds. The Morgan fingerprint density at radius 2 is 1.85 bits per heavy atom. The highest BCUT2D eigenvalue weighted by Crippen LogP contribution is 2.34. The van der Waals surface area contributed by atoms with Gasteiger partial charge >= 0.3 is 0 Å². The number of rotatable bonds is 8. The molecule has 14 heteroatoms. The number of nitrogens with zero attached hydrogens (tertiary/aromatic N) is 5. The van der Waals surface area contributed by atoms with Crippen molar-refractivity contribution in [3.63, 3.8) is 0 Å². The van der Waals surface area contributed by atoms with Crippen molar-refractivity contribution in [1.29, 1.82) is 5.41 Å². The molecule has 1 aromatic carbocycles. The first-order valence-electron chi connectivity index (χ1n) is 13.3. The first-order valence-corrected chi connectivity index (χ1v) is 14.7. The Balaban J connectivity index is 1.45. The number of carbonyl (C=O) groups is 2. The Kier molecular flexibility index (Phi) is 7.81. The zero-order valence-electron chi connectivity index (χ0n) is 22.8. The highest BCUT2D eigenvalue weighted by molar-refractivity contribution is 7.86. The second-order valence-corrected chi connectivity index (χ2v) is 12.3. The van der Waals surface area contributed by atoms with Crippen LogP contribution < -0.4 is 10.6 Å². The maximum Gasteiger partial charge on any atom is 0.283 e. The zero-order valence-corrected chi connectivity index (χ0v) is 23.7. The number of aromatic nitrogens is 2. The van der Waals surface area contributed by atoms with Crippen molar-refractivity contribution < 1.29 is 26.8 Å². The second-order valence-electron chi connectivity index (χ2n) is 10.4. The number of aryl methyl sites for hydroxylation is 1. The van der Waals surface area contributed by atoms with Crippen LogP contribution in [0.1, 0.15) is 58.1 Å². The number of furan rings is 1. The van der Waals surface area contributed by atoms with Crippen molar-refractivity contribution in [1.82, 2.24) is 18.4 Å². The van der Waals surface area contributed by atoms with E-state index in [-0.39, 0.29) is 42.4 Å². The molecule has 4 heterocycles. The van der Waals surface area contributed by atoms with Crippen molar-refractivity contribution in [2.45, 2.75) is 38.6 Å². The standard InChI is InChI=1S/C27H32FN7O5S/c1-17-13-20(16-40-17)27(37)35-26(32(2)14-18-5-7-19(8-6-18)25(29)30)23(28)24(31-35)21-9-12-34(15-22(21)36)41(38,39)33-10-3-4-11-33/h5-8,13,16,21H,3-4,9-12,14-15H2,1-2H3,(H3,29,30). The predicted molar refractivity (Wildman–Crippen MR) is 149 cm³/mol. The van der Waals surface area contributed by atoms with Crippen LogP contribution in [0.25, 0.3) is 0 Å². The summed E-state index contributed by atoms with van der Waals surface area (Å²) < 4.78 is 50.9. The van der Waals surface area contributed by atoms with Crippen molar-refractivity contribution in [2.24, 2.45) is 5.73 Å². The summed E-state index contributed by atoms with van der Waals surface area (Å²) in [6.45, 7) is 2.32. The van der Waals surface area contributed by atoms with Gasteiger partial charge in [-0.05, 0) is 37.8 Å². The van der Waals surface area contributed by atoms with Crippen LogP contribution >= 0.6 is 0 Å². The number of Topliss-reactive ketones (excluding diaryl/α,β-unsaturated/α-hetero) is 1. The SMILES string of the molecule is Cc1cc(C(=O)n2nc(C3CCN(S(=O)(=O)N4CCCC4)CC3=O)c(F)c2N(C)Cc2ccc(C(=N)N)cc2)co1. The quantitative estimate of drug-likeness (QED) is 0.301. The Morgan fingerprint density at radius 3 is 2.44 bits per heavy atom. The molecule has 0 spiro atoms. The van der Waals surface area contributed by atoms with E-state index < -0.39 is 40.2 Å². The fourth-order valence-corrected chi connectivity index (χ4v) is 6.95. The molecule has 0 bridgehead atoms. The Hall–Kier alpha value is -3.88. The molecular weight excluding hydrogens is 553 g/mol. The molecule has 1 atom stereocenters. The van der Waals surface area contributed by atoms with E-state index in [0.29, 0.717) is 24.4 Å². The number of ketones is 1. The average Bonchev–Trinajstić information content (AvgIpc) is 3.69.